The number of primary amides is 1. The third-order valence-corrected chi connectivity index (χ3v) is 5.31. The van der Waals surface area contributed by atoms with Crippen molar-refractivity contribution in [1.82, 2.24) is 4.98 Å². The molecular formula is C21H20N2O2. The van der Waals surface area contributed by atoms with E-state index in [2.05, 4.69) is 23.2 Å². The molecule has 0 radical (unpaired) electrons. The first-order chi connectivity index (χ1) is 12.1. The SMILES string of the molecule is COc1cc(C2(c3cccc(C(N)=O)c3C)CC2)c2cccnc2c1. The number of fused-ring (bicyclic) bond motifs is 1. The molecule has 2 aromatic carbocycles. The number of hydrogen-bond donors (Lipinski definition) is 1. The Kier molecular flexibility index (Phi) is 3.49. The first-order valence-corrected chi connectivity index (χ1v) is 8.40. The van der Waals surface area contributed by atoms with Gasteiger partial charge in [0.2, 0.25) is 5.91 Å². The fourth-order valence-electron chi connectivity index (χ4n) is 3.90. The summed E-state index contributed by atoms with van der Waals surface area (Å²) < 4.78 is 5.50. The Bertz CT molecular complexity index is 990. The van der Waals surface area contributed by atoms with Crippen LogP contribution in [0.1, 0.15) is 39.9 Å². The number of amides is 1. The number of hydrogen-bond acceptors (Lipinski definition) is 3. The van der Waals surface area contributed by atoms with Gasteiger partial charge in [-0.2, -0.15) is 0 Å². The summed E-state index contributed by atoms with van der Waals surface area (Å²) in [6.07, 6.45) is 3.87. The van der Waals surface area contributed by atoms with E-state index >= 15 is 0 Å². The minimum atomic E-state index is -0.382. The summed E-state index contributed by atoms with van der Waals surface area (Å²) in [5, 5.41) is 1.13. The Hall–Kier alpha value is -2.88. The molecule has 0 bridgehead atoms. The van der Waals surface area contributed by atoms with Gasteiger partial charge < -0.3 is 10.5 Å². The van der Waals surface area contributed by atoms with Crippen molar-refractivity contribution in [3.8, 4) is 5.75 Å². The molecule has 126 valence electrons. The number of carbonyl (C=O) groups is 1. The Labute approximate surface area is 146 Å². The topological polar surface area (TPSA) is 65.2 Å². The summed E-state index contributed by atoms with van der Waals surface area (Å²) in [6, 6.07) is 13.9. The Morgan fingerprint density at radius 2 is 1.96 bits per heavy atom. The smallest absolute Gasteiger partial charge is 0.248 e. The highest BCUT2D eigenvalue weighted by Gasteiger charge is 2.48. The van der Waals surface area contributed by atoms with Crippen LogP contribution in [-0.4, -0.2) is 18.0 Å². The van der Waals surface area contributed by atoms with E-state index in [-0.39, 0.29) is 11.3 Å². The molecule has 4 rings (SSSR count). The van der Waals surface area contributed by atoms with Gasteiger partial charge in [0.25, 0.3) is 0 Å². The summed E-state index contributed by atoms with van der Waals surface area (Å²) in [4.78, 5) is 16.3. The fraction of sp³-hybridized carbons (Fsp3) is 0.238. The predicted molar refractivity (Wildman–Crippen MR) is 98.0 cm³/mol. The maximum atomic E-state index is 11.8. The predicted octanol–water partition coefficient (Wildman–Crippen LogP) is 3.73. The van der Waals surface area contributed by atoms with Crippen LogP contribution in [0.2, 0.25) is 0 Å². The van der Waals surface area contributed by atoms with Crippen molar-refractivity contribution in [3.63, 3.8) is 0 Å². The maximum absolute atomic E-state index is 11.8. The van der Waals surface area contributed by atoms with Crippen molar-refractivity contribution in [2.45, 2.75) is 25.2 Å². The standard InChI is InChI=1S/C21H20N2O2/c1-13-15(20(22)24)5-3-7-17(13)21(8-9-21)18-11-14(25-2)12-19-16(18)6-4-10-23-19/h3-7,10-12H,8-9H2,1-2H3,(H2,22,24). The molecule has 0 unspecified atom stereocenters. The third kappa shape index (κ3) is 2.37. The normalized spacial score (nSPS) is 15.1. The van der Waals surface area contributed by atoms with E-state index in [0.717, 1.165) is 35.1 Å². The van der Waals surface area contributed by atoms with E-state index in [1.807, 2.05) is 25.1 Å². The number of ether oxygens (including phenoxy) is 1. The van der Waals surface area contributed by atoms with Gasteiger partial charge >= 0.3 is 0 Å². The number of methoxy groups -OCH3 is 1. The van der Waals surface area contributed by atoms with Crippen LogP contribution in [0.4, 0.5) is 0 Å². The van der Waals surface area contributed by atoms with E-state index in [4.69, 9.17) is 10.5 Å². The lowest BCUT2D eigenvalue weighted by Gasteiger charge is -2.22. The second-order valence-electron chi connectivity index (χ2n) is 6.67. The fourth-order valence-corrected chi connectivity index (χ4v) is 3.90. The molecule has 1 heterocycles. The molecule has 1 amide bonds. The molecule has 4 nitrogen and oxygen atoms in total. The largest absolute Gasteiger partial charge is 0.497 e. The molecule has 25 heavy (non-hydrogen) atoms. The second-order valence-corrected chi connectivity index (χ2v) is 6.67. The maximum Gasteiger partial charge on any atom is 0.248 e. The molecule has 0 saturated heterocycles. The highest BCUT2D eigenvalue weighted by Crippen LogP contribution is 2.56. The highest BCUT2D eigenvalue weighted by atomic mass is 16.5. The zero-order valence-electron chi connectivity index (χ0n) is 14.4. The van der Waals surface area contributed by atoms with Crippen molar-refractivity contribution >= 4 is 16.8 Å². The lowest BCUT2D eigenvalue weighted by atomic mass is 9.82. The van der Waals surface area contributed by atoms with Gasteiger partial charge in [0, 0.05) is 28.6 Å². The van der Waals surface area contributed by atoms with Crippen molar-refractivity contribution in [2.24, 2.45) is 5.73 Å². The first kappa shape index (κ1) is 15.6. The lowest BCUT2D eigenvalue weighted by Crippen LogP contribution is -2.17. The second kappa shape index (κ2) is 5.59. The van der Waals surface area contributed by atoms with Gasteiger partial charge in [-0.25, -0.2) is 0 Å². The van der Waals surface area contributed by atoms with Crippen LogP contribution in [0.5, 0.6) is 5.75 Å². The average molecular weight is 332 g/mol. The van der Waals surface area contributed by atoms with Crippen LogP contribution in [-0.2, 0) is 5.41 Å². The van der Waals surface area contributed by atoms with Gasteiger partial charge in [-0.15, -0.1) is 0 Å². The van der Waals surface area contributed by atoms with Crippen LogP contribution in [0.3, 0.4) is 0 Å². The quantitative estimate of drug-likeness (QED) is 0.791. The Morgan fingerprint density at radius 3 is 2.64 bits per heavy atom. The minimum absolute atomic E-state index is 0.106. The number of carbonyl (C=O) groups excluding carboxylic acids is 1. The van der Waals surface area contributed by atoms with Crippen LogP contribution < -0.4 is 10.5 Å². The van der Waals surface area contributed by atoms with Crippen LogP contribution in [0.15, 0.2) is 48.7 Å². The Morgan fingerprint density at radius 1 is 1.16 bits per heavy atom. The number of benzene rings is 2. The van der Waals surface area contributed by atoms with E-state index in [9.17, 15) is 4.79 Å². The van der Waals surface area contributed by atoms with E-state index < -0.39 is 0 Å². The number of pyridine rings is 1. The lowest BCUT2D eigenvalue weighted by molar-refractivity contribution is 0.0999. The van der Waals surface area contributed by atoms with Gasteiger partial charge in [-0.3, -0.25) is 9.78 Å². The number of nitrogens with two attached hydrogens (primary N) is 1. The zero-order chi connectivity index (χ0) is 17.6. The first-order valence-electron chi connectivity index (χ1n) is 8.40. The molecule has 0 aliphatic heterocycles. The van der Waals surface area contributed by atoms with Gasteiger partial charge in [0.15, 0.2) is 0 Å². The van der Waals surface area contributed by atoms with Gasteiger partial charge in [-0.05, 0) is 54.7 Å². The zero-order valence-corrected chi connectivity index (χ0v) is 14.4. The van der Waals surface area contributed by atoms with Crippen molar-refractivity contribution in [2.75, 3.05) is 7.11 Å². The highest BCUT2D eigenvalue weighted by molar-refractivity contribution is 5.95. The molecule has 1 aromatic heterocycles. The third-order valence-electron chi connectivity index (χ3n) is 5.31. The summed E-state index contributed by atoms with van der Waals surface area (Å²) in [5.41, 5.74) is 10.3. The molecule has 4 heteroatoms. The number of nitrogens with zero attached hydrogens (tertiary/aromatic N) is 1. The summed E-state index contributed by atoms with van der Waals surface area (Å²) in [5.74, 6) is 0.420. The van der Waals surface area contributed by atoms with Crippen molar-refractivity contribution < 1.29 is 9.53 Å². The van der Waals surface area contributed by atoms with E-state index in [0.29, 0.717) is 5.56 Å². The van der Waals surface area contributed by atoms with Crippen LogP contribution >= 0.6 is 0 Å². The molecule has 1 saturated carbocycles. The van der Waals surface area contributed by atoms with E-state index in [1.54, 1.807) is 19.4 Å². The molecule has 0 atom stereocenters. The molecule has 1 aliphatic carbocycles. The molecule has 2 N–H and O–H groups in total. The average Bonchev–Trinajstić information content (AvgIpc) is 3.42. The minimum Gasteiger partial charge on any atom is -0.497 e. The molecular weight excluding hydrogens is 312 g/mol. The van der Waals surface area contributed by atoms with Crippen LogP contribution in [0, 0.1) is 6.92 Å². The molecule has 1 fully saturated rings. The summed E-state index contributed by atoms with van der Waals surface area (Å²) >= 11 is 0. The monoisotopic (exact) mass is 332 g/mol. The number of aromatic nitrogens is 1. The van der Waals surface area contributed by atoms with Gasteiger partial charge in [0.05, 0.1) is 12.6 Å². The van der Waals surface area contributed by atoms with Gasteiger partial charge in [0.1, 0.15) is 5.75 Å². The van der Waals surface area contributed by atoms with Crippen molar-refractivity contribution in [1.29, 1.82) is 0 Å². The molecule has 1 aliphatic rings. The Balaban J connectivity index is 1.98. The van der Waals surface area contributed by atoms with Crippen LogP contribution in [0.25, 0.3) is 10.9 Å². The molecule has 3 aromatic rings. The summed E-state index contributed by atoms with van der Waals surface area (Å²) in [6.45, 7) is 1.98. The van der Waals surface area contributed by atoms with Gasteiger partial charge in [-0.1, -0.05) is 18.2 Å². The van der Waals surface area contributed by atoms with Crippen molar-refractivity contribution in [3.05, 3.63) is 70.9 Å². The molecule has 0 spiro atoms. The van der Waals surface area contributed by atoms with E-state index in [1.165, 1.54) is 11.1 Å². The number of rotatable bonds is 4. The summed E-state index contributed by atoms with van der Waals surface area (Å²) in [7, 11) is 1.67.